The van der Waals surface area contributed by atoms with E-state index >= 15 is 0 Å². The molecule has 0 aromatic carbocycles. The van der Waals surface area contributed by atoms with Gasteiger partial charge in [0.1, 0.15) is 0 Å². The quantitative estimate of drug-likeness (QED) is 0.661. The first-order valence-corrected chi connectivity index (χ1v) is 4.37. The molecular weight excluding hydrogens is 175 g/mol. The molecule has 1 fully saturated rings. The van der Waals surface area contributed by atoms with Crippen molar-refractivity contribution in [3.63, 3.8) is 0 Å². The van der Waals surface area contributed by atoms with E-state index in [2.05, 4.69) is 4.90 Å². The highest BCUT2D eigenvalue weighted by molar-refractivity contribution is 5.72. The lowest BCUT2D eigenvalue weighted by atomic mass is 10.3. The first-order chi connectivity index (χ1) is 6.09. The summed E-state index contributed by atoms with van der Waals surface area (Å²) in [6, 6.07) is 0. The monoisotopic (exact) mass is 190 g/mol. The number of piperazine rings is 1. The van der Waals surface area contributed by atoms with E-state index in [0.29, 0.717) is 0 Å². The largest absolute Gasteiger partial charge is 0.479 e. The molecule has 0 aliphatic carbocycles. The van der Waals surface area contributed by atoms with Crippen molar-refractivity contribution in [2.45, 2.75) is 6.17 Å². The zero-order valence-corrected chi connectivity index (χ0v) is 7.74. The van der Waals surface area contributed by atoms with Crippen LogP contribution >= 0.6 is 0 Å². The molecule has 5 heteroatoms. The summed E-state index contributed by atoms with van der Waals surface area (Å²) in [5.74, 6) is -1.36. The van der Waals surface area contributed by atoms with Crippen molar-refractivity contribution in [1.29, 1.82) is 0 Å². The average Bonchev–Trinajstić information content (AvgIpc) is 2.08. The molecule has 0 aromatic heterocycles. The van der Waals surface area contributed by atoms with E-state index in [1.807, 2.05) is 11.9 Å². The number of nitrogens with zero attached hydrogens (tertiary/aromatic N) is 2. The lowest BCUT2D eigenvalue weighted by Gasteiger charge is -2.32. The van der Waals surface area contributed by atoms with Gasteiger partial charge in [0.15, 0.2) is 0 Å². The minimum atomic E-state index is -1.75. The topological polar surface area (TPSA) is 43.8 Å². The number of rotatable bonds is 3. The van der Waals surface area contributed by atoms with Crippen molar-refractivity contribution in [3.8, 4) is 0 Å². The SMILES string of the molecule is CN1CCN(CC(F)C(=O)O)CC1. The lowest BCUT2D eigenvalue weighted by molar-refractivity contribution is -0.143. The third-order valence-corrected chi connectivity index (χ3v) is 2.28. The third kappa shape index (κ3) is 3.28. The van der Waals surface area contributed by atoms with E-state index < -0.39 is 12.1 Å². The predicted molar refractivity (Wildman–Crippen MR) is 46.5 cm³/mol. The molecule has 0 radical (unpaired) electrons. The minimum absolute atomic E-state index is 0.0170. The number of likely N-dealkylation sites (N-methyl/N-ethyl adjacent to an activating group) is 1. The van der Waals surface area contributed by atoms with E-state index in [0.717, 1.165) is 26.2 Å². The van der Waals surface area contributed by atoms with Gasteiger partial charge in [-0.2, -0.15) is 0 Å². The first kappa shape index (κ1) is 10.4. The minimum Gasteiger partial charge on any atom is -0.479 e. The van der Waals surface area contributed by atoms with Crippen LogP contribution in [0.25, 0.3) is 0 Å². The van der Waals surface area contributed by atoms with Crippen LogP contribution in [0.15, 0.2) is 0 Å². The zero-order valence-electron chi connectivity index (χ0n) is 7.74. The summed E-state index contributed by atoms with van der Waals surface area (Å²) < 4.78 is 12.8. The first-order valence-electron chi connectivity index (χ1n) is 4.37. The van der Waals surface area contributed by atoms with E-state index in [4.69, 9.17) is 5.11 Å². The van der Waals surface area contributed by atoms with Gasteiger partial charge < -0.3 is 10.0 Å². The second-order valence-electron chi connectivity index (χ2n) is 3.41. The van der Waals surface area contributed by atoms with E-state index in [1.54, 1.807) is 0 Å². The van der Waals surface area contributed by atoms with Crippen molar-refractivity contribution >= 4 is 5.97 Å². The molecule has 0 saturated carbocycles. The molecule has 0 amide bonds. The standard InChI is InChI=1S/C8H15FN2O2/c1-10-2-4-11(5-3-10)6-7(9)8(12)13/h7H,2-6H2,1H3,(H,12,13). The molecule has 1 rings (SSSR count). The van der Waals surface area contributed by atoms with Crippen LogP contribution in [0.2, 0.25) is 0 Å². The van der Waals surface area contributed by atoms with Crippen LogP contribution in [-0.4, -0.2) is 66.8 Å². The van der Waals surface area contributed by atoms with Gasteiger partial charge in [0.2, 0.25) is 6.17 Å². The summed E-state index contributed by atoms with van der Waals surface area (Å²) in [5, 5.41) is 8.35. The second kappa shape index (κ2) is 4.53. The van der Waals surface area contributed by atoms with Crippen molar-refractivity contribution in [1.82, 2.24) is 9.80 Å². The Bertz CT molecular complexity index is 181. The molecular formula is C8H15FN2O2. The molecule has 0 bridgehead atoms. The van der Waals surface area contributed by atoms with Crippen molar-refractivity contribution in [3.05, 3.63) is 0 Å². The van der Waals surface area contributed by atoms with Crippen LogP contribution < -0.4 is 0 Å². The van der Waals surface area contributed by atoms with Gasteiger partial charge in [0.05, 0.1) is 0 Å². The number of carboxylic acid groups (broad SMARTS) is 1. The maximum Gasteiger partial charge on any atom is 0.339 e. The van der Waals surface area contributed by atoms with Crippen LogP contribution in [0, 0.1) is 0 Å². The Morgan fingerprint density at radius 1 is 1.46 bits per heavy atom. The average molecular weight is 190 g/mol. The Hall–Kier alpha value is -0.680. The van der Waals surface area contributed by atoms with Gasteiger partial charge in [-0.15, -0.1) is 0 Å². The highest BCUT2D eigenvalue weighted by atomic mass is 19.1. The van der Waals surface area contributed by atoms with Gasteiger partial charge in [0, 0.05) is 32.7 Å². The number of carboxylic acids is 1. The molecule has 13 heavy (non-hydrogen) atoms. The fourth-order valence-corrected chi connectivity index (χ4v) is 1.34. The number of hydrogen-bond donors (Lipinski definition) is 1. The molecule has 1 saturated heterocycles. The van der Waals surface area contributed by atoms with Gasteiger partial charge in [0.25, 0.3) is 0 Å². The number of halogens is 1. The number of aliphatic carboxylic acids is 1. The highest BCUT2D eigenvalue weighted by Gasteiger charge is 2.22. The van der Waals surface area contributed by atoms with Gasteiger partial charge >= 0.3 is 5.97 Å². The molecule has 76 valence electrons. The Morgan fingerprint density at radius 3 is 2.46 bits per heavy atom. The molecule has 1 unspecified atom stereocenters. The normalized spacial score (nSPS) is 22.9. The van der Waals surface area contributed by atoms with Gasteiger partial charge in [-0.3, -0.25) is 4.90 Å². The van der Waals surface area contributed by atoms with Crippen molar-refractivity contribution in [2.75, 3.05) is 39.8 Å². The van der Waals surface area contributed by atoms with Crippen LogP contribution in [0.3, 0.4) is 0 Å². The fourth-order valence-electron chi connectivity index (χ4n) is 1.34. The van der Waals surface area contributed by atoms with E-state index in [9.17, 15) is 9.18 Å². The smallest absolute Gasteiger partial charge is 0.339 e. The summed E-state index contributed by atoms with van der Waals surface area (Å²) in [6.45, 7) is 3.29. The summed E-state index contributed by atoms with van der Waals surface area (Å²) in [6.07, 6.45) is -1.75. The molecule has 1 aliphatic rings. The maximum atomic E-state index is 12.8. The second-order valence-corrected chi connectivity index (χ2v) is 3.41. The molecule has 0 spiro atoms. The maximum absolute atomic E-state index is 12.8. The van der Waals surface area contributed by atoms with Crippen LogP contribution in [0.4, 0.5) is 4.39 Å². The van der Waals surface area contributed by atoms with Crippen LogP contribution in [0.5, 0.6) is 0 Å². The van der Waals surface area contributed by atoms with E-state index in [1.165, 1.54) is 0 Å². The summed E-state index contributed by atoms with van der Waals surface area (Å²) >= 11 is 0. The molecule has 1 aliphatic heterocycles. The van der Waals surface area contributed by atoms with E-state index in [-0.39, 0.29) is 6.54 Å². The summed E-state index contributed by atoms with van der Waals surface area (Å²) in [7, 11) is 2.00. The Morgan fingerprint density at radius 2 is 2.00 bits per heavy atom. The molecule has 1 N–H and O–H groups in total. The fraction of sp³-hybridized carbons (Fsp3) is 0.875. The predicted octanol–water partition coefficient (Wildman–Crippen LogP) is -0.343. The number of alkyl halides is 1. The Labute approximate surface area is 76.9 Å². The Kier molecular flexibility index (Phi) is 3.62. The van der Waals surface area contributed by atoms with Crippen molar-refractivity contribution in [2.24, 2.45) is 0 Å². The van der Waals surface area contributed by atoms with Gasteiger partial charge in [-0.25, -0.2) is 9.18 Å². The Balaban J connectivity index is 2.26. The lowest BCUT2D eigenvalue weighted by Crippen LogP contribution is -2.47. The zero-order chi connectivity index (χ0) is 9.84. The molecule has 4 nitrogen and oxygen atoms in total. The van der Waals surface area contributed by atoms with Gasteiger partial charge in [-0.1, -0.05) is 0 Å². The van der Waals surface area contributed by atoms with Crippen molar-refractivity contribution < 1.29 is 14.3 Å². The number of carbonyl (C=O) groups is 1. The highest BCUT2D eigenvalue weighted by Crippen LogP contribution is 2.02. The molecule has 1 heterocycles. The number of hydrogen-bond acceptors (Lipinski definition) is 3. The molecule has 0 aromatic rings. The van der Waals surface area contributed by atoms with Crippen LogP contribution in [-0.2, 0) is 4.79 Å². The summed E-state index contributed by atoms with van der Waals surface area (Å²) in [4.78, 5) is 14.2. The van der Waals surface area contributed by atoms with Crippen LogP contribution in [0.1, 0.15) is 0 Å². The van der Waals surface area contributed by atoms with Gasteiger partial charge in [-0.05, 0) is 7.05 Å². The third-order valence-electron chi connectivity index (χ3n) is 2.28. The summed E-state index contributed by atoms with van der Waals surface area (Å²) in [5.41, 5.74) is 0. The molecule has 1 atom stereocenters.